The summed E-state index contributed by atoms with van der Waals surface area (Å²) < 4.78 is 31.3. The van der Waals surface area contributed by atoms with E-state index in [0.29, 0.717) is 0 Å². The van der Waals surface area contributed by atoms with Crippen molar-refractivity contribution in [3.05, 3.63) is 34.4 Å². The number of hydrogen-bond donors (Lipinski definition) is 0. The molecule has 1 rings (SSSR count). The molecule has 0 aromatic heterocycles. The van der Waals surface area contributed by atoms with Crippen LogP contribution in [0.4, 0.5) is 5.69 Å². The SMILES string of the molecule is CC(=O)[O-].O=[N+]([O-])c1cccc(S(=O)(=O)[O-])c1.[Na+].[Na+]. The Hall–Kier alpha value is 0.000000000000000888. The largest absolute Gasteiger partial charge is 1.00 e. The van der Waals surface area contributed by atoms with E-state index in [2.05, 4.69) is 0 Å². The van der Waals surface area contributed by atoms with E-state index in [4.69, 9.17) is 9.90 Å². The average Bonchev–Trinajstić information content (AvgIpc) is 2.15. The van der Waals surface area contributed by atoms with Crippen molar-refractivity contribution >= 4 is 21.8 Å². The minimum Gasteiger partial charge on any atom is -0.744 e. The third-order valence-corrected chi connectivity index (χ3v) is 2.15. The van der Waals surface area contributed by atoms with E-state index in [1.807, 2.05) is 0 Å². The van der Waals surface area contributed by atoms with Crippen molar-refractivity contribution in [3.63, 3.8) is 0 Å². The molecule has 94 valence electrons. The number of hydrogen-bond acceptors (Lipinski definition) is 7. The molecule has 0 saturated carbocycles. The Morgan fingerprint density at radius 2 is 1.68 bits per heavy atom. The summed E-state index contributed by atoms with van der Waals surface area (Å²) in [6.45, 7) is 0.972. The smallest absolute Gasteiger partial charge is 0.744 e. The molecule has 0 fully saturated rings. The Morgan fingerprint density at radius 1 is 1.26 bits per heavy atom. The van der Waals surface area contributed by atoms with E-state index in [0.717, 1.165) is 31.2 Å². The van der Waals surface area contributed by atoms with Gasteiger partial charge in [-0.2, -0.15) is 0 Å². The Labute approximate surface area is 153 Å². The number of nitro groups is 1. The first-order valence-electron chi connectivity index (χ1n) is 4.02. The molecule has 0 bridgehead atoms. The third-order valence-electron chi connectivity index (χ3n) is 1.32. The van der Waals surface area contributed by atoms with Crippen LogP contribution >= 0.6 is 0 Å². The number of carbonyl (C=O) groups excluding carboxylic acids is 1. The normalized spacial score (nSPS) is 8.95. The van der Waals surface area contributed by atoms with Crippen LogP contribution in [0.1, 0.15) is 6.92 Å². The molecule has 0 amide bonds. The van der Waals surface area contributed by atoms with Gasteiger partial charge in [-0.25, -0.2) is 8.42 Å². The summed E-state index contributed by atoms with van der Waals surface area (Å²) in [4.78, 5) is 17.7. The van der Waals surface area contributed by atoms with Gasteiger partial charge in [-0.15, -0.1) is 0 Å². The van der Waals surface area contributed by atoms with Crippen LogP contribution in [0, 0.1) is 10.1 Å². The first-order valence-corrected chi connectivity index (χ1v) is 5.43. The Bertz CT molecular complexity index is 528. The standard InChI is InChI=1S/C6H5NO5S.C2H4O2.2Na/c8-7(9)5-2-1-3-6(4-5)13(10,11)12;1-2(3)4;;/h1-4H,(H,10,11,12);1H3,(H,3,4);;/q;;2*+1/p-2. The van der Waals surface area contributed by atoms with Gasteiger partial charge in [-0.3, -0.25) is 10.1 Å². The maximum atomic E-state index is 10.4. The molecule has 1 aromatic rings. The van der Waals surface area contributed by atoms with Gasteiger partial charge >= 0.3 is 59.1 Å². The number of carboxylic acid groups (broad SMARTS) is 1. The second-order valence-corrected chi connectivity index (χ2v) is 4.08. The summed E-state index contributed by atoms with van der Waals surface area (Å²) in [5.41, 5.74) is -0.420. The van der Waals surface area contributed by atoms with Crippen LogP contribution in [0.2, 0.25) is 0 Å². The molecular weight excluding hydrogens is 300 g/mol. The molecule has 8 nitrogen and oxygen atoms in total. The van der Waals surface area contributed by atoms with Gasteiger partial charge in [0.05, 0.1) is 9.82 Å². The van der Waals surface area contributed by atoms with Crippen LogP contribution in [0.25, 0.3) is 0 Å². The summed E-state index contributed by atoms with van der Waals surface area (Å²) in [6, 6.07) is 3.98. The average molecular weight is 307 g/mol. The van der Waals surface area contributed by atoms with Crippen molar-refractivity contribution in [2.24, 2.45) is 0 Å². The Kier molecular flexibility index (Phi) is 13.6. The predicted octanol–water partition coefficient (Wildman–Crippen LogP) is -6.74. The molecule has 0 heterocycles. The van der Waals surface area contributed by atoms with Crippen molar-refractivity contribution in [3.8, 4) is 0 Å². The first-order chi connectivity index (χ1) is 7.64. The fraction of sp³-hybridized carbons (Fsp3) is 0.125. The zero-order valence-corrected chi connectivity index (χ0v) is 15.3. The van der Waals surface area contributed by atoms with Crippen LogP contribution in [-0.4, -0.2) is 23.9 Å². The summed E-state index contributed by atoms with van der Waals surface area (Å²) in [7, 11) is -4.61. The number of carboxylic acids is 1. The van der Waals surface area contributed by atoms with Gasteiger partial charge in [0, 0.05) is 18.1 Å². The zero-order valence-electron chi connectivity index (χ0n) is 10.5. The number of carbonyl (C=O) groups is 1. The van der Waals surface area contributed by atoms with Crippen LogP contribution in [-0.2, 0) is 14.9 Å². The fourth-order valence-electron chi connectivity index (χ4n) is 0.753. The summed E-state index contributed by atoms with van der Waals surface area (Å²) in [5.74, 6) is -1.08. The number of benzene rings is 1. The van der Waals surface area contributed by atoms with Crippen LogP contribution in [0.5, 0.6) is 0 Å². The molecule has 19 heavy (non-hydrogen) atoms. The number of aliphatic carboxylic acids is 1. The second-order valence-electron chi connectivity index (χ2n) is 2.70. The zero-order chi connectivity index (χ0) is 13.6. The topological polar surface area (TPSA) is 140 Å². The molecule has 0 atom stereocenters. The van der Waals surface area contributed by atoms with E-state index in [1.165, 1.54) is 0 Å². The second kappa shape index (κ2) is 10.7. The number of rotatable bonds is 2. The van der Waals surface area contributed by atoms with Crippen molar-refractivity contribution in [2.75, 3.05) is 0 Å². The molecule has 0 aliphatic heterocycles. The summed E-state index contributed by atoms with van der Waals surface area (Å²) in [6.07, 6.45) is 0. The molecule has 0 radical (unpaired) electrons. The Morgan fingerprint density at radius 3 is 2.00 bits per heavy atom. The molecule has 0 unspecified atom stereocenters. The Balaban J connectivity index is -0.000000379. The van der Waals surface area contributed by atoms with Crippen molar-refractivity contribution in [1.29, 1.82) is 0 Å². The fourth-order valence-corrected chi connectivity index (χ4v) is 1.26. The molecule has 0 saturated heterocycles. The number of non-ortho nitro benzene ring substituents is 1. The predicted molar refractivity (Wildman–Crippen MR) is 51.7 cm³/mol. The maximum Gasteiger partial charge on any atom is 1.00 e. The van der Waals surface area contributed by atoms with Crippen LogP contribution in [0.3, 0.4) is 0 Å². The molecule has 0 aliphatic rings. The maximum absolute atomic E-state index is 10.4. The van der Waals surface area contributed by atoms with Gasteiger partial charge < -0.3 is 14.5 Å². The van der Waals surface area contributed by atoms with Gasteiger partial charge in [0.25, 0.3) is 5.69 Å². The van der Waals surface area contributed by atoms with E-state index >= 15 is 0 Å². The monoisotopic (exact) mass is 307 g/mol. The van der Waals surface area contributed by atoms with Gasteiger partial charge in [0.15, 0.2) is 0 Å². The van der Waals surface area contributed by atoms with E-state index in [-0.39, 0.29) is 59.1 Å². The molecule has 0 spiro atoms. The van der Waals surface area contributed by atoms with E-state index < -0.39 is 31.6 Å². The minimum absolute atomic E-state index is 0. The van der Waals surface area contributed by atoms with Crippen LogP contribution < -0.4 is 64.2 Å². The summed E-state index contributed by atoms with van der Waals surface area (Å²) in [5, 5.41) is 19.1. The molecule has 0 aliphatic carbocycles. The van der Waals surface area contributed by atoms with Gasteiger partial charge in [-0.05, 0) is 13.0 Å². The van der Waals surface area contributed by atoms with Crippen molar-refractivity contribution in [2.45, 2.75) is 11.8 Å². The third kappa shape index (κ3) is 11.5. The molecule has 1 aromatic carbocycles. The van der Waals surface area contributed by atoms with Gasteiger partial charge in [0.1, 0.15) is 10.1 Å². The molecular formula is C8H7NNa2O7S. The van der Waals surface area contributed by atoms with E-state index in [1.54, 1.807) is 0 Å². The van der Waals surface area contributed by atoms with Crippen LogP contribution in [0.15, 0.2) is 29.2 Å². The van der Waals surface area contributed by atoms with Gasteiger partial charge in [-0.1, -0.05) is 6.07 Å². The number of nitro benzene ring substituents is 1. The summed E-state index contributed by atoms with van der Waals surface area (Å²) >= 11 is 0. The van der Waals surface area contributed by atoms with Gasteiger partial charge in [0.2, 0.25) is 0 Å². The van der Waals surface area contributed by atoms with E-state index in [9.17, 15) is 23.1 Å². The molecule has 0 N–H and O–H groups in total. The number of nitrogens with zero attached hydrogens (tertiary/aromatic N) is 1. The van der Waals surface area contributed by atoms with Crippen molar-refractivity contribution in [1.82, 2.24) is 0 Å². The quantitative estimate of drug-likeness (QED) is 0.229. The first kappa shape index (κ1) is 24.0. The minimum atomic E-state index is -4.61. The van der Waals surface area contributed by atoms with Crippen molar-refractivity contribution < 1.29 is 86.9 Å². The molecule has 11 heteroatoms.